The average Bonchev–Trinajstić information content (AvgIpc) is 2.63. The van der Waals surface area contributed by atoms with Crippen LogP contribution >= 0.6 is 0 Å². The van der Waals surface area contributed by atoms with Crippen molar-refractivity contribution in [2.75, 3.05) is 0 Å². The zero-order chi connectivity index (χ0) is 9.80. The van der Waals surface area contributed by atoms with Crippen molar-refractivity contribution in [2.24, 2.45) is 7.05 Å². The van der Waals surface area contributed by atoms with Crippen LogP contribution in [0.2, 0.25) is 0 Å². The minimum absolute atomic E-state index is 1.05. The van der Waals surface area contributed by atoms with E-state index in [4.69, 9.17) is 0 Å². The van der Waals surface area contributed by atoms with E-state index >= 15 is 0 Å². The number of rotatable bonds is 3. The fourth-order valence-electron chi connectivity index (χ4n) is 1.54. The molecular weight excluding hydrogens is 172 g/mol. The van der Waals surface area contributed by atoms with Crippen LogP contribution in [0.5, 0.6) is 0 Å². The highest BCUT2D eigenvalue weighted by molar-refractivity contribution is 5.14. The van der Waals surface area contributed by atoms with E-state index < -0.39 is 0 Å². The molecule has 1 heterocycles. The summed E-state index contributed by atoms with van der Waals surface area (Å²) in [6, 6.07) is 10.6. The van der Waals surface area contributed by atoms with Crippen LogP contribution in [-0.4, -0.2) is 4.57 Å². The van der Waals surface area contributed by atoms with E-state index in [-0.39, 0.29) is 0 Å². The van der Waals surface area contributed by atoms with Gasteiger partial charge in [0.1, 0.15) is 12.4 Å². The highest BCUT2D eigenvalue weighted by Gasteiger charge is 1.99. The summed E-state index contributed by atoms with van der Waals surface area (Å²) in [5.41, 5.74) is 1.39. The maximum absolute atomic E-state index is 2.20. The van der Waals surface area contributed by atoms with E-state index in [0.717, 1.165) is 13.0 Å². The van der Waals surface area contributed by atoms with Gasteiger partial charge in [0.15, 0.2) is 0 Å². The molecule has 2 aromatic rings. The maximum atomic E-state index is 2.20. The molecule has 0 aliphatic heterocycles. The third kappa shape index (κ3) is 2.22. The first-order chi connectivity index (χ1) is 6.84. The predicted octanol–water partition coefficient (Wildman–Crippen LogP) is 1.56. The molecule has 0 amide bonds. The highest BCUT2D eigenvalue weighted by Crippen LogP contribution is 2.00. The third-order valence-corrected chi connectivity index (χ3v) is 2.33. The largest absolute Gasteiger partial charge is 0.243 e. The summed E-state index contributed by atoms with van der Waals surface area (Å²) in [7, 11) is 2.04. The molecule has 2 heteroatoms. The Morgan fingerprint density at radius 1 is 1.21 bits per heavy atom. The van der Waals surface area contributed by atoms with Crippen molar-refractivity contribution in [3.63, 3.8) is 0 Å². The molecule has 0 unspecified atom stereocenters. The topological polar surface area (TPSA) is 8.81 Å². The first kappa shape index (κ1) is 9.00. The molecule has 0 fully saturated rings. The zero-order valence-electron chi connectivity index (χ0n) is 8.43. The predicted molar refractivity (Wildman–Crippen MR) is 55.8 cm³/mol. The summed E-state index contributed by atoms with van der Waals surface area (Å²) in [6.45, 7) is 1.05. The lowest BCUT2D eigenvalue weighted by Crippen LogP contribution is -2.23. The van der Waals surface area contributed by atoms with Gasteiger partial charge in [-0.25, -0.2) is 9.13 Å². The second kappa shape index (κ2) is 4.09. The van der Waals surface area contributed by atoms with Crippen LogP contribution in [0.3, 0.4) is 0 Å². The Bertz CT molecular complexity index is 390. The van der Waals surface area contributed by atoms with Gasteiger partial charge in [0.2, 0.25) is 6.33 Å². The van der Waals surface area contributed by atoms with Gasteiger partial charge >= 0.3 is 0 Å². The first-order valence-corrected chi connectivity index (χ1v) is 4.89. The maximum Gasteiger partial charge on any atom is 0.243 e. The van der Waals surface area contributed by atoms with Crippen molar-refractivity contribution < 1.29 is 4.57 Å². The fourth-order valence-corrected chi connectivity index (χ4v) is 1.54. The van der Waals surface area contributed by atoms with E-state index in [9.17, 15) is 0 Å². The SMILES string of the molecule is C[n+]1ccn(CCc2ccccc2)c1. The molecule has 72 valence electrons. The molecule has 0 bridgehead atoms. The lowest BCUT2D eigenvalue weighted by molar-refractivity contribution is -0.671. The Balaban J connectivity index is 1.95. The molecule has 0 aliphatic rings. The molecule has 0 spiro atoms. The van der Waals surface area contributed by atoms with Gasteiger partial charge in [-0.3, -0.25) is 0 Å². The number of hydrogen-bond donors (Lipinski definition) is 0. The van der Waals surface area contributed by atoms with Crippen molar-refractivity contribution >= 4 is 0 Å². The molecular formula is C12H15N2+. The minimum Gasteiger partial charge on any atom is -0.240 e. The van der Waals surface area contributed by atoms with Crippen molar-refractivity contribution in [3.05, 3.63) is 54.6 Å². The number of nitrogens with zero attached hydrogens (tertiary/aromatic N) is 2. The van der Waals surface area contributed by atoms with Crippen molar-refractivity contribution in [2.45, 2.75) is 13.0 Å². The van der Waals surface area contributed by atoms with Gasteiger partial charge in [-0.15, -0.1) is 0 Å². The number of hydrogen-bond acceptors (Lipinski definition) is 0. The van der Waals surface area contributed by atoms with Gasteiger partial charge < -0.3 is 0 Å². The van der Waals surface area contributed by atoms with Crippen LogP contribution in [0, 0.1) is 0 Å². The number of imidazole rings is 1. The minimum atomic E-state index is 1.05. The Hall–Kier alpha value is -1.57. The van der Waals surface area contributed by atoms with Crippen LogP contribution in [0.4, 0.5) is 0 Å². The molecule has 0 radical (unpaired) electrons. The number of benzene rings is 1. The molecule has 0 aliphatic carbocycles. The summed E-state index contributed by atoms with van der Waals surface area (Å²) in [5.74, 6) is 0. The van der Waals surface area contributed by atoms with Gasteiger partial charge in [-0.05, 0) is 5.56 Å². The van der Waals surface area contributed by atoms with E-state index in [1.165, 1.54) is 5.56 Å². The van der Waals surface area contributed by atoms with E-state index in [2.05, 4.69) is 58.2 Å². The lowest BCUT2D eigenvalue weighted by atomic mass is 10.1. The molecule has 14 heavy (non-hydrogen) atoms. The molecule has 0 atom stereocenters. The van der Waals surface area contributed by atoms with Gasteiger partial charge in [0.05, 0.1) is 13.6 Å². The fraction of sp³-hybridized carbons (Fsp3) is 0.250. The van der Waals surface area contributed by atoms with Crippen molar-refractivity contribution in [1.82, 2.24) is 4.57 Å². The third-order valence-electron chi connectivity index (χ3n) is 2.33. The summed E-state index contributed by atoms with van der Waals surface area (Å²) in [5, 5.41) is 0. The van der Waals surface area contributed by atoms with Crippen molar-refractivity contribution in [3.8, 4) is 0 Å². The average molecular weight is 187 g/mol. The highest BCUT2D eigenvalue weighted by atomic mass is 15.1. The van der Waals surface area contributed by atoms with Gasteiger partial charge in [0.25, 0.3) is 0 Å². The van der Waals surface area contributed by atoms with Crippen LogP contribution in [0.15, 0.2) is 49.1 Å². The lowest BCUT2D eigenvalue weighted by Gasteiger charge is -1.97. The molecule has 2 nitrogen and oxygen atoms in total. The van der Waals surface area contributed by atoms with Crippen molar-refractivity contribution in [1.29, 1.82) is 0 Å². The summed E-state index contributed by atoms with van der Waals surface area (Å²) in [4.78, 5) is 0. The molecule has 2 rings (SSSR count). The van der Waals surface area contributed by atoms with Crippen LogP contribution in [0.1, 0.15) is 5.56 Å². The molecule has 0 saturated heterocycles. The normalized spacial score (nSPS) is 10.4. The summed E-state index contributed by atoms with van der Waals surface area (Å²) in [6.07, 6.45) is 7.35. The van der Waals surface area contributed by atoms with Gasteiger partial charge in [-0.1, -0.05) is 30.3 Å². The Morgan fingerprint density at radius 3 is 2.64 bits per heavy atom. The molecule has 0 saturated carbocycles. The standard InChI is InChI=1S/C12H15N2/c1-13-9-10-14(11-13)8-7-12-5-3-2-4-6-12/h2-6,9-11H,7-8H2,1H3/q+1. The quantitative estimate of drug-likeness (QED) is 0.645. The Morgan fingerprint density at radius 2 is 2.00 bits per heavy atom. The second-order valence-corrected chi connectivity index (χ2v) is 3.55. The second-order valence-electron chi connectivity index (χ2n) is 3.55. The van der Waals surface area contributed by atoms with Crippen LogP contribution in [-0.2, 0) is 20.0 Å². The van der Waals surface area contributed by atoms with E-state index in [1.807, 2.05) is 7.05 Å². The van der Waals surface area contributed by atoms with Crippen LogP contribution in [0.25, 0.3) is 0 Å². The monoisotopic (exact) mass is 187 g/mol. The smallest absolute Gasteiger partial charge is 0.240 e. The first-order valence-electron chi connectivity index (χ1n) is 4.89. The van der Waals surface area contributed by atoms with Crippen LogP contribution < -0.4 is 4.57 Å². The molecule has 1 aromatic heterocycles. The number of aromatic nitrogens is 2. The summed E-state index contributed by atoms with van der Waals surface area (Å²) < 4.78 is 4.26. The zero-order valence-corrected chi connectivity index (χ0v) is 8.43. The van der Waals surface area contributed by atoms with E-state index in [1.54, 1.807) is 0 Å². The Kier molecular flexibility index (Phi) is 2.63. The Labute approximate surface area is 84.4 Å². The molecule has 1 aromatic carbocycles. The van der Waals surface area contributed by atoms with Gasteiger partial charge in [0, 0.05) is 6.42 Å². The number of aryl methyl sites for hydroxylation is 3. The molecule has 0 N–H and O–H groups in total. The van der Waals surface area contributed by atoms with E-state index in [0.29, 0.717) is 0 Å². The van der Waals surface area contributed by atoms with Gasteiger partial charge in [-0.2, -0.15) is 0 Å². The summed E-state index contributed by atoms with van der Waals surface area (Å²) >= 11 is 0.